The Labute approximate surface area is 779 Å². The first-order chi connectivity index (χ1) is 55.1. The number of hydrogen-bond donors (Lipinski definition) is 3. The van der Waals surface area contributed by atoms with Crippen molar-refractivity contribution in [3.8, 4) is 0 Å². The molecule has 16 heteroatoms. The van der Waals surface area contributed by atoms with Gasteiger partial charge >= 0.3 is 17.9 Å². The monoisotopic (exact) mass is 1770 g/mol. The summed E-state index contributed by atoms with van der Waals surface area (Å²) in [7, 11) is 7.65. The molecule has 0 unspecified atom stereocenters. The standard InChI is InChI=1S/C21H41NO4.C11H25N.C9H23N3.C9H21N.C9H18O.C8H19N.C7H16.C6H15N.C6H12O2.C6H12O.2C6H14.3CH4/c1-17(2)13-16-22(14-9-11-18(23)25-20(3,4)5)15-10-12-19(24)26-21(6,7)8;1-9(2)7-8-12(10(3)4)11(5)6;1-9(2)3-6-12(7-4-10)8-5-11;1-5-10(6-2)8-7-9(3)4;1-7(2)5-9(10)6-8(3)4;1-8(2)6-5-7-9(3)4;1-4-5-6-7(2)3;1-6(2)4-5-7-3;1-5(2)4-6(7)8-3;1-5(2)4-6(3)7;2*1-4-5-6(2)3;;;/h17H,9-16H2,1-8H3;9-11H,7-8H2,1-6H3;9H,3-8,10-11H2,1-2H3;9H,5-8H2,1-4H3;7-8H,5-6H2,1-4H3;8H,5-7H2,1-4H3;7H,4-6H2,1-3H3;6-7H,4-5H2,1-3H3;5H,4H2,1-3H3;5H,4H2,1-3H3;2*6H,4-5H2,1-3H3;3*1H4. The van der Waals surface area contributed by atoms with Crippen LogP contribution >= 0.6 is 0 Å². The van der Waals surface area contributed by atoms with Crippen molar-refractivity contribution >= 4 is 29.5 Å². The van der Waals surface area contributed by atoms with E-state index in [2.05, 4.69) is 263 Å². The summed E-state index contributed by atoms with van der Waals surface area (Å²) in [6.07, 6.45) is 23.7. The smallest absolute Gasteiger partial charge is 0.306 e. The van der Waals surface area contributed by atoms with Crippen LogP contribution in [-0.4, -0.2) is 197 Å². The molecule has 0 bridgehead atoms. The number of nitrogens with one attached hydrogen (secondary N) is 1. The lowest BCUT2D eigenvalue weighted by molar-refractivity contribution is -0.155. The van der Waals surface area contributed by atoms with E-state index in [-0.39, 0.29) is 46.0 Å². The fraction of sp³-hybridized carbons (Fsp3) is 0.953. The summed E-state index contributed by atoms with van der Waals surface area (Å²) >= 11 is 0. The topological polar surface area (TPSA) is 193 Å². The van der Waals surface area contributed by atoms with Gasteiger partial charge in [0.25, 0.3) is 0 Å². The zero-order chi connectivity index (χ0) is 96.7. The minimum atomic E-state index is -0.429. The molecule has 0 heterocycles. The van der Waals surface area contributed by atoms with Gasteiger partial charge in [0.2, 0.25) is 0 Å². The molecular weight excluding hydrogens is 1530 g/mol. The second kappa shape index (κ2) is 108. The normalized spacial score (nSPS) is 11.0. The van der Waals surface area contributed by atoms with Crippen molar-refractivity contribution in [1.29, 1.82) is 0 Å². The largest absolute Gasteiger partial charge is 0.469 e. The van der Waals surface area contributed by atoms with Gasteiger partial charge in [-0.3, -0.25) is 24.1 Å². The Balaban J connectivity index is -0.0000000820. The van der Waals surface area contributed by atoms with E-state index >= 15 is 0 Å². The maximum atomic E-state index is 11.8. The predicted molar refractivity (Wildman–Crippen MR) is 559 cm³/mol. The second-order valence-corrected chi connectivity index (χ2v) is 41.6. The zero-order valence-corrected chi connectivity index (χ0v) is 90.8. The predicted octanol–water partition coefficient (Wildman–Crippen LogP) is 28.7. The van der Waals surface area contributed by atoms with Crippen LogP contribution in [0.1, 0.15) is 454 Å². The van der Waals surface area contributed by atoms with Gasteiger partial charge in [-0.1, -0.05) is 282 Å². The van der Waals surface area contributed by atoms with Crippen LogP contribution < -0.4 is 16.8 Å². The van der Waals surface area contributed by atoms with Gasteiger partial charge in [0, 0.05) is 76.8 Å². The molecule has 16 nitrogen and oxygen atoms in total. The molecule has 0 atom stereocenters. The molecule has 0 aliphatic rings. The van der Waals surface area contributed by atoms with Crippen molar-refractivity contribution in [3.63, 3.8) is 0 Å². The molecule has 0 saturated heterocycles. The maximum Gasteiger partial charge on any atom is 0.306 e. The number of Topliss-reactive ketones (excluding diaryl/α,β-unsaturated/α-hetero) is 2. The molecule has 0 saturated carbocycles. The van der Waals surface area contributed by atoms with E-state index in [0.717, 1.165) is 145 Å². The van der Waals surface area contributed by atoms with E-state index in [0.29, 0.717) is 66.7 Å². The Morgan fingerprint density at radius 3 is 0.813 bits per heavy atom. The highest BCUT2D eigenvalue weighted by atomic mass is 16.6. The summed E-state index contributed by atoms with van der Waals surface area (Å²) in [5.41, 5.74) is 10.1. The molecular formula is C107H242N8O8. The number of ketones is 2. The number of esters is 3. The van der Waals surface area contributed by atoms with Crippen LogP contribution in [0.3, 0.4) is 0 Å². The lowest BCUT2D eigenvalue weighted by Crippen LogP contribution is -2.38. The quantitative estimate of drug-likeness (QED) is 0.0384. The lowest BCUT2D eigenvalue weighted by Gasteiger charge is -2.31. The van der Waals surface area contributed by atoms with Crippen LogP contribution in [0, 0.1) is 76.9 Å². The van der Waals surface area contributed by atoms with E-state index < -0.39 is 11.2 Å². The second-order valence-electron chi connectivity index (χ2n) is 41.6. The number of carbonyl (C=O) groups is 5. The molecule has 0 aromatic carbocycles. The summed E-state index contributed by atoms with van der Waals surface area (Å²) in [4.78, 5) is 67.3. The van der Waals surface area contributed by atoms with E-state index in [1.807, 2.05) is 76.3 Å². The van der Waals surface area contributed by atoms with E-state index in [9.17, 15) is 24.0 Å². The minimum Gasteiger partial charge on any atom is -0.469 e. The number of rotatable bonds is 50. The average Bonchev–Trinajstić information content (AvgIpc) is 0.937. The molecule has 0 radical (unpaired) electrons. The van der Waals surface area contributed by atoms with Crippen molar-refractivity contribution in [2.24, 2.45) is 88.4 Å². The molecule has 0 aliphatic carbocycles. The summed E-state index contributed by atoms with van der Waals surface area (Å²) in [5, 5.41) is 3.10. The van der Waals surface area contributed by atoms with E-state index in [1.54, 1.807) is 6.92 Å². The van der Waals surface area contributed by atoms with Crippen LogP contribution in [0.25, 0.3) is 0 Å². The molecule has 5 N–H and O–H groups in total. The van der Waals surface area contributed by atoms with Crippen molar-refractivity contribution in [1.82, 2.24) is 29.8 Å². The van der Waals surface area contributed by atoms with Crippen molar-refractivity contribution in [3.05, 3.63) is 0 Å². The first-order valence-electron chi connectivity index (χ1n) is 49.3. The Morgan fingerprint density at radius 2 is 0.626 bits per heavy atom. The van der Waals surface area contributed by atoms with Crippen LogP contribution in [0.4, 0.5) is 0 Å². The third-order valence-electron chi connectivity index (χ3n) is 17.7. The Morgan fingerprint density at radius 1 is 0.333 bits per heavy atom. The van der Waals surface area contributed by atoms with Crippen molar-refractivity contribution < 1.29 is 38.2 Å². The zero-order valence-electron chi connectivity index (χ0n) is 90.8. The molecule has 758 valence electrons. The molecule has 0 aliphatic heterocycles. The molecule has 0 spiro atoms. The Bertz CT molecular complexity index is 1950. The summed E-state index contributed by atoms with van der Waals surface area (Å²) < 4.78 is 15.1. The van der Waals surface area contributed by atoms with Crippen molar-refractivity contribution in [2.75, 3.05) is 120 Å². The van der Waals surface area contributed by atoms with Gasteiger partial charge in [-0.25, -0.2) is 0 Å². The van der Waals surface area contributed by atoms with E-state index in [1.165, 1.54) is 123 Å². The van der Waals surface area contributed by atoms with Crippen molar-refractivity contribution in [2.45, 2.75) is 478 Å². The number of methoxy groups -OCH3 is 1. The summed E-state index contributed by atoms with van der Waals surface area (Å²) in [5.74, 6) is 9.73. The summed E-state index contributed by atoms with van der Waals surface area (Å²) in [6, 6.07) is 1.37. The average molecular weight is 1770 g/mol. The van der Waals surface area contributed by atoms with Gasteiger partial charge in [0.05, 0.1) is 7.11 Å². The fourth-order valence-corrected chi connectivity index (χ4v) is 11.1. The third kappa shape index (κ3) is 181. The number of ether oxygens (including phenoxy) is 3. The molecule has 0 aromatic rings. The van der Waals surface area contributed by atoms with Gasteiger partial charge in [-0.15, -0.1) is 0 Å². The molecule has 0 aromatic heterocycles. The third-order valence-corrected chi connectivity index (χ3v) is 17.7. The van der Waals surface area contributed by atoms with Crippen LogP contribution in [0.15, 0.2) is 0 Å². The number of nitrogens with two attached hydrogens (primary N) is 2. The highest BCUT2D eigenvalue weighted by molar-refractivity contribution is 5.78. The van der Waals surface area contributed by atoms with E-state index in [4.69, 9.17) is 20.9 Å². The first-order valence-corrected chi connectivity index (χ1v) is 49.3. The van der Waals surface area contributed by atoms with Crippen LogP contribution in [-0.2, 0) is 38.2 Å². The molecule has 0 fully saturated rings. The molecule has 123 heavy (non-hydrogen) atoms. The van der Waals surface area contributed by atoms with Crippen LogP contribution in [0.5, 0.6) is 0 Å². The lowest BCUT2D eigenvalue weighted by atomic mass is 10.00. The minimum absolute atomic E-state index is 0. The number of hydrogen-bond acceptors (Lipinski definition) is 16. The Hall–Kier alpha value is -2.57. The summed E-state index contributed by atoms with van der Waals surface area (Å²) in [6.45, 7) is 105. The van der Waals surface area contributed by atoms with Gasteiger partial charge in [0.1, 0.15) is 22.8 Å². The molecule has 0 amide bonds. The highest BCUT2D eigenvalue weighted by Crippen LogP contribution is 2.16. The van der Waals surface area contributed by atoms with Gasteiger partial charge < -0.3 is 55.4 Å². The maximum absolute atomic E-state index is 11.8. The Kier molecular flexibility index (Phi) is 136. The number of unbranched alkanes of at least 4 members (excludes halogenated alkanes) is 1. The van der Waals surface area contributed by atoms with Gasteiger partial charge in [-0.05, 0) is 297 Å². The van der Waals surface area contributed by atoms with Gasteiger partial charge in [0.15, 0.2) is 0 Å². The van der Waals surface area contributed by atoms with Gasteiger partial charge in [-0.2, -0.15) is 0 Å². The molecule has 0 rings (SSSR count). The fourth-order valence-electron chi connectivity index (χ4n) is 11.1. The first kappa shape index (κ1) is 155. The van der Waals surface area contributed by atoms with Crippen LogP contribution in [0.2, 0.25) is 0 Å². The SMILES string of the molecule is C.C.C.CC(=O)CC(C)C.CC(C)CC(=O)CC(C)C.CC(C)CCCN(C)C.CC(C)CCN(C(C)C)C(C)C.CC(C)CCN(CCCC(=O)OC(C)(C)C)CCCC(=O)OC(C)(C)C.CC(C)CCN(CCN)CCN.CCCC(C)C.CCCC(C)C.CCCCC(C)C.CCN(CC)CCC(C)C.CNCCC(C)C.COC(=O)CC(C)C. The number of nitrogens with zero attached hydrogens (tertiary/aromatic N) is 5. The number of carbonyl (C=O) groups excluding carboxylic acids is 5. The highest BCUT2D eigenvalue weighted by Gasteiger charge is 2.19.